The lowest BCUT2D eigenvalue weighted by Gasteiger charge is -2.52. The first-order valence-electron chi connectivity index (χ1n) is 25.7. The van der Waals surface area contributed by atoms with E-state index >= 15 is 0 Å². The summed E-state index contributed by atoms with van der Waals surface area (Å²) >= 11 is 2.01. The maximum Gasteiger partial charge on any atom is 0.334 e. The molecule has 9 aromatic carbocycles. The number of thiophene rings is 1. The van der Waals surface area contributed by atoms with Crippen LogP contribution in [0, 0.1) is 0 Å². The Morgan fingerprint density at radius 2 is 1.14 bits per heavy atom. The van der Waals surface area contributed by atoms with E-state index in [1.807, 2.05) is 11.3 Å². The van der Waals surface area contributed by atoms with Gasteiger partial charge < -0.3 is 9.71 Å². The molecule has 0 radical (unpaired) electrons. The van der Waals surface area contributed by atoms with Crippen LogP contribution in [0.25, 0.3) is 43.1 Å². The van der Waals surface area contributed by atoms with Gasteiger partial charge in [-0.25, -0.2) is 0 Å². The molecule has 0 spiro atoms. The van der Waals surface area contributed by atoms with Crippen LogP contribution in [0.15, 0.2) is 194 Å². The van der Waals surface area contributed by atoms with Crippen molar-refractivity contribution in [3.63, 3.8) is 0 Å². The Labute approximate surface area is 424 Å². The molecular weight excluding hydrogens is 892 g/mol. The molecule has 10 aromatic rings. The van der Waals surface area contributed by atoms with Crippen molar-refractivity contribution >= 4 is 107 Å². The summed E-state index contributed by atoms with van der Waals surface area (Å²) in [5.74, 6) is 0. The first kappa shape index (κ1) is 42.9. The molecule has 1 aliphatic carbocycles. The van der Waals surface area contributed by atoms with Crippen LogP contribution in [0.2, 0.25) is 0 Å². The summed E-state index contributed by atoms with van der Waals surface area (Å²) in [5, 5.41) is 11.0. The fourth-order valence-corrected chi connectivity index (χ4v) is 19.9. The highest BCUT2D eigenvalue weighted by Gasteiger charge is 2.56. The summed E-state index contributed by atoms with van der Waals surface area (Å²) in [4.78, 5) is 5.55. The third-order valence-corrected chi connectivity index (χ3v) is 23.1. The summed E-state index contributed by atoms with van der Waals surface area (Å²) in [7, 11) is -2.92. The van der Waals surface area contributed by atoms with Crippen LogP contribution in [0.5, 0.6) is 0 Å². The van der Waals surface area contributed by atoms with Crippen LogP contribution in [0.4, 0.5) is 27.8 Å². The van der Waals surface area contributed by atoms with Gasteiger partial charge in [0.15, 0.2) is 8.07 Å². The largest absolute Gasteiger partial charge is 0.376 e. The van der Waals surface area contributed by atoms with Crippen LogP contribution < -0.4 is 41.4 Å². The Bertz CT molecular complexity index is 3790. The molecule has 344 valence electrons. The third-order valence-electron chi connectivity index (χ3n) is 17.1. The Hall–Kier alpha value is -6.92. The van der Waals surface area contributed by atoms with Crippen molar-refractivity contribution < 1.29 is 0 Å². The topological polar surface area (TPSA) is 6.48 Å². The van der Waals surface area contributed by atoms with Gasteiger partial charge in [0.05, 0.1) is 10.7 Å². The van der Waals surface area contributed by atoms with Crippen LogP contribution in [0.3, 0.4) is 0 Å². The van der Waals surface area contributed by atoms with E-state index in [0.717, 1.165) is 0 Å². The monoisotopic (exact) mass is 948 g/mol. The summed E-state index contributed by atoms with van der Waals surface area (Å²) in [6.07, 6.45) is 2.35. The first-order chi connectivity index (χ1) is 34.4. The second-order valence-corrected chi connectivity index (χ2v) is 27.8. The van der Waals surface area contributed by atoms with Gasteiger partial charge in [-0.1, -0.05) is 206 Å². The van der Waals surface area contributed by atoms with E-state index in [4.69, 9.17) is 0 Å². The number of hydrogen-bond donors (Lipinski definition) is 0. The quantitative estimate of drug-likeness (QED) is 0.162. The highest BCUT2D eigenvalue weighted by Crippen LogP contribution is 2.55. The second kappa shape index (κ2) is 15.1. The molecule has 0 atom stereocenters. The molecule has 4 heterocycles. The Morgan fingerprint density at radius 1 is 0.521 bits per heavy atom. The first-order valence-corrected chi connectivity index (χ1v) is 28.5. The van der Waals surface area contributed by atoms with Gasteiger partial charge in [0.2, 0.25) is 0 Å². The number of rotatable bonds is 4. The maximum absolute atomic E-state index is 2.92. The molecule has 0 bridgehead atoms. The van der Waals surface area contributed by atoms with E-state index in [-0.39, 0.29) is 23.1 Å². The molecule has 0 saturated carbocycles. The predicted octanol–water partition coefficient (Wildman–Crippen LogP) is 13.8. The zero-order valence-corrected chi connectivity index (χ0v) is 43.6. The summed E-state index contributed by atoms with van der Waals surface area (Å²) < 4.78 is 1.37. The van der Waals surface area contributed by atoms with Crippen molar-refractivity contribution in [3.05, 3.63) is 211 Å². The molecule has 2 nitrogen and oxygen atoms in total. The summed E-state index contributed by atoms with van der Waals surface area (Å²) in [5.41, 5.74) is 17.6. The summed E-state index contributed by atoms with van der Waals surface area (Å²) in [6, 6.07) is 75.5. The average Bonchev–Trinajstić information content (AvgIpc) is 3.76. The number of hydrogen-bond acceptors (Lipinski definition) is 3. The molecule has 0 fully saturated rings. The lowest BCUT2D eigenvalue weighted by atomic mass is 9.43. The van der Waals surface area contributed by atoms with Crippen molar-refractivity contribution in [2.75, 3.05) is 9.71 Å². The minimum absolute atomic E-state index is 0.0281. The molecule has 0 amide bonds. The maximum atomic E-state index is 2.84. The van der Waals surface area contributed by atoms with Gasteiger partial charge in [-0.3, -0.25) is 0 Å². The predicted molar refractivity (Wildman–Crippen MR) is 310 cm³/mol. The number of fused-ring (bicyclic) bond motifs is 11. The Kier molecular flexibility index (Phi) is 9.10. The molecule has 0 N–H and O–H groups in total. The minimum atomic E-state index is -2.92. The van der Waals surface area contributed by atoms with Crippen molar-refractivity contribution in [2.24, 2.45) is 0 Å². The highest BCUT2D eigenvalue weighted by molar-refractivity contribution is 7.26. The molecule has 0 unspecified atom stereocenters. The third kappa shape index (κ3) is 5.94. The Morgan fingerprint density at radius 3 is 1.85 bits per heavy atom. The number of nitrogens with zero attached hydrogens (tertiary/aromatic N) is 2. The molecule has 0 saturated heterocycles. The van der Waals surface area contributed by atoms with Gasteiger partial charge in [-0.2, -0.15) is 0 Å². The van der Waals surface area contributed by atoms with Crippen LogP contribution in [0.1, 0.15) is 78.0 Å². The smallest absolute Gasteiger partial charge is 0.334 e. The number of anilines is 5. The minimum Gasteiger partial charge on any atom is -0.376 e. The zero-order valence-electron chi connectivity index (χ0n) is 41.8. The van der Waals surface area contributed by atoms with Crippen LogP contribution in [-0.4, -0.2) is 14.9 Å². The molecule has 71 heavy (non-hydrogen) atoms. The number of para-hydroxylation sites is 2. The molecule has 5 heteroatoms. The van der Waals surface area contributed by atoms with E-state index in [9.17, 15) is 0 Å². The fraction of sp³-hybridized carbons (Fsp3) is 0.182. The normalized spacial score (nSPS) is 16.5. The van der Waals surface area contributed by atoms with Crippen molar-refractivity contribution in [1.82, 2.24) is 0 Å². The molecular formula is C66H57BN2SSi. The van der Waals surface area contributed by atoms with Gasteiger partial charge in [-0.15, -0.1) is 11.3 Å². The number of benzene rings is 9. The van der Waals surface area contributed by atoms with E-state index in [1.54, 1.807) is 0 Å². The van der Waals surface area contributed by atoms with Crippen molar-refractivity contribution in [1.29, 1.82) is 0 Å². The standard InChI is InChI=1S/C66H57BN2SSi/c1-64(2,3)44-34-35-53(49(39-44)42-22-11-8-12-23-42)68-55-38-43-24-17-18-29-47(43)59-48-30-21-33-58-62(48)69(54-31-19-20-32-57(54)71(58,45-25-13-9-14-26-45)46-27-15-10-16-28-46)67(61(55)59)60-50-40-51-52(41-56(50)70-63(60)68)66(6,7)37-36-65(51,4)5/h8-35,38-41H,36-37H2,1-7H3. The molecule has 1 aromatic heterocycles. The molecule has 14 rings (SSSR count). The molecule has 3 aliphatic heterocycles. The van der Waals surface area contributed by atoms with E-state index in [2.05, 4.69) is 252 Å². The summed E-state index contributed by atoms with van der Waals surface area (Å²) in [6.45, 7) is 16.8. The average molecular weight is 949 g/mol. The fourth-order valence-electron chi connectivity index (χ4n) is 13.5. The lowest BCUT2D eigenvalue weighted by molar-refractivity contribution is 0.332. The zero-order chi connectivity index (χ0) is 48.2. The van der Waals surface area contributed by atoms with Gasteiger partial charge in [-0.05, 0) is 141 Å². The van der Waals surface area contributed by atoms with Gasteiger partial charge >= 0.3 is 6.85 Å². The van der Waals surface area contributed by atoms with Gasteiger partial charge in [0.1, 0.15) is 0 Å². The van der Waals surface area contributed by atoms with Gasteiger partial charge in [0.25, 0.3) is 0 Å². The second-order valence-electron chi connectivity index (χ2n) is 23.0. The van der Waals surface area contributed by atoms with E-state index in [0.29, 0.717) is 0 Å². The SMILES string of the molecule is CC(C)(C)c1ccc(N2c3cc4ccccc4c4c3B(c3c2sc2cc5c(cc32)C(C)(C)CCC5(C)C)N2c3ccccc3[Si](c3ccccc3)(c3ccccc3)c3cccc-4c32)c(-c2ccccc2)c1. The highest BCUT2D eigenvalue weighted by atomic mass is 32.1. The molecule has 4 aliphatic rings. The van der Waals surface area contributed by atoms with Gasteiger partial charge in [0, 0.05) is 32.9 Å². The van der Waals surface area contributed by atoms with E-state index in [1.165, 1.54) is 132 Å². The Balaban J connectivity index is 1.18. The van der Waals surface area contributed by atoms with Crippen molar-refractivity contribution in [3.8, 4) is 22.3 Å². The van der Waals surface area contributed by atoms with Crippen LogP contribution in [-0.2, 0) is 16.2 Å². The lowest BCUT2D eigenvalue weighted by Crippen LogP contribution is -2.79. The van der Waals surface area contributed by atoms with Crippen molar-refractivity contribution in [2.45, 2.75) is 77.6 Å². The van der Waals surface area contributed by atoms with E-state index < -0.39 is 8.07 Å². The van der Waals surface area contributed by atoms with Crippen LogP contribution >= 0.6 is 11.3 Å².